The summed E-state index contributed by atoms with van der Waals surface area (Å²) in [4.78, 5) is 23.6. The van der Waals surface area contributed by atoms with Crippen molar-refractivity contribution in [1.29, 1.82) is 0 Å². The molecule has 0 radical (unpaired) electrons. The predicted molar refractivity (Wildman–Crippen MR) is 97.3 cm³/mol. The maximum atomic E-state index is 12.8. The Morgan fingerprint density at radius 2 is 1.61 bits per heavy atom. The Morgan fingerprint density at radius 3 is 2.29 bits per heavy atom. The number of nitrogens with one attached hydrogen (secondary N) is 2. The average molecular weight is 416 g/mol. The lowest BCUT2D eigenvalue weighted by Gasteiger charge is -2.13. The van der Waals surface area contributed by atoms with Gasteiger partial charge in [0.25, 0.3) is 0 Å². The van der Waals surface area contributed by atoms with E-state index in [4.69, 9.17) is 0 Å². The van der Waals surface area contributed by atoms with Gasteiger partial charge in [0.2, 0.25) is 11.8 Å². The normalized spacial score (nSPS) is 11.0. The first kappa shape index (κ1) is 21.5. The molecule has 0 aliphatic rings. The molecule has 5 nitrogen and oxygen atoms in total. The SMILES string of the molecule is O=C(CSCC(=O)Nc1ccc(F)cc1)NCc1ccccc1OC(F)(F)F. The summed E-state index contributed by atoms with van der Waals surface area (Å²) in [6.45, 7) is -0.145. The van der Waals surface area contributed by atoms with Crippen LogP contribution in [-0.4, -0.2) is 29.7 Å². The van der Waals surface area contributed by atoms with E-state index in [2.05, 4.69) is 15.4 Å². The van der Waals surface area contributed by atoms with Crippen LogP contribution in [0.1, 0.15) is 5.56 Å². The molecule has 28 heavy (non-hydrogen) atoms. The fraction of sp³-hybridized carbons (Fsp3) is 0.222. The summed E-state index contributed by atoms with van der Waals surface area (Å²) in [5.74, 6) is -1.69. The van der Waals surface area contributed by atoms with Crippen LogP contribution in [0.2, 0.25) is 0 Å². The van der Waals surface area contributed by atoms with Crippen molar-refractivity contribution in [3.63, 3.8) is 0 Å². The van der Waals surface area contributed by atoms with Crippen LogP contribution in [-0.2, 0) is 16.1 Å². The van der Waals surface area contributed by atoms with Crippen LogP contribution >= 0.6 is 11.8 Å². The Labute approximate surface area is 162 Å². The molecule has 0 bridgehead atoms. The minimum Gasteiger partial charge on any atom is -0.405 e. The number of anilines is 1. The Kier molecular flexibility index (Phi) is 7.68. The Morgan fingerprint density at radius 1 is 0.964 bits per heavy atom. The number of benzene rings is 2. The van der Waals surface area contributed by atoms with Gasteiger partial charge in [0.15, 0.2) is 0 Å². The van der Waals surface area contributed by atoms with Crippen LogP contribution in [0.25, 0.3) is 0 Å². The van der Waals surface area contributed by atoms with Gasteiger partial charge in [-0.2, -0.15) is 0 Å². The van der Waals surface area contributed by atoms with E-state index in [0.29, 0.717) is 5.69 Å². The first-order chi connectivity index (χ1) is 13.2. The van der Waals surface area contributed by atoms with E-state index in [9.17, 15) is 27.2 Å². The molecule has 0 aromatic heterocycles. The number of amides is 2. The van der Waals surface area contributed by atoms with Gasteiger partial charge in [0, 0.05) is 17.8 Å². The summed E-state index contributed by atoms with van der Waals surface area (Å²) < 4.78 is 53.8. The van der Waals surface area contributed by atoms with Gasteiger partial charge in [-0.15, -0.1) is 24.9 Å². The number of rotatable bonds is 8. The Balaban J connectivity index is 1.73. The quantitative estimate of drug-likeness (QED) is 0.644. The number of thioether (sulfide) groups is 1. The maximum absolute atomic E-state index is 12.8. The molecule has 0 aliphatic heterocycles. The zero-order valence-corrected chi connectivity index (χ0v) is 15.2. The van der Waals surface area contributed by atoms with Crippen molar-refractivity contribution < 1.29 is 31.9 Å². The van der Waals surface area contributed by atoms with Gasteiger partial charge < -0.3 is 15.4 Å². The highest BCUT2D eigenvalue weighted by Gasteiger charge is 2.31. The van der Waals surface area contributed by atoms with E-state index in [1.807, 2.05) is 0 Å². The highest BCUT2D eigenvalue weighted by molar-refractivity contribution is 8.00. The molecule has 0 saturated carbocycles. The number of carbonyl (C=O) groups is 2. The van der Waals surface area contributed by atoms with Crippen molar-refractivity contribution in [1.82, 2.24) is 5.32 Å². The van der Waals surface area contributed by atoms with Crippen LogP contribution in [0.5, 0.6) is 5.75 Å². The molecule has 10 heteroatoms. The van der Waals surface area contributed by atoms with Crippen molar-refractivity contribution >= 4 is 29.3 Å². The molecule has 150 valence electrons. The molecule has 0 aliphatic carbocycles. The third-order valence-corrected chi connectivity index (χ3v) is 4.20. The Bertz CT molecular complexity index is 813. The summed E-state index contributed by atoms with van der Waals surface area (Å²) in [7, 11) is 0. The molecule has 0 unspecified atom stereocenters. The minimum atomic E-state index is -4.83. The van der Waals surface area contributed by atoms with E-state index in [-0.39, 0.29) is 35.3 Å². The van der Waals surface area contributed by atoms with Crippen molar-refractivity contribution in [3.05, 3.63) is 59.9 Å². The first-order valence-electron chi connectivity index (χ1n) is 7.96. The lowest BCUT2D eigenvalue weighted by Crippen LogP contribution is -2.26. The third-order valence-electron chi connectivity index (χ3n) is 3.27. The summed E-state index contributed by atoms with van der Waals surface area (Å²) >= 11 is 1.03. The largest absolute Gasteiger partial charge is 0.573 e. The van der Waals surface area contributed by atoms with E-state index >= 15 is 0 Å². The second-order valence-corrected chi connectivity index (χ2v) is 6.47. The van der Waals surface area contributed by atoms with Crippen molar-refractivity contribution in [2.24, 2.45) is 0 Å². The molecule has 0 heterocycles. The topological polar surface area (TPSA) is 67.4 Å². The fourth-order valence-electron chi connectivity index (χ4n) is 2.09. The number of ether oxygens (including phenoxy) is 1. The predicted octanol–water partition coefficient (Wildman–Crippen LogP) is 3.71. The fourth-order valence-corrected chi connectivity index (χ4v) is 2.73. The number of halogens is 4. The number of alkyl halides is 3. The maximum Gasteiger partial charge on any atom is 0.573 e. The molecule has 0 fully saturated rings. The van der Waals surface area contributed by atoms with Gasteiger partial charge in [0.05, 0.1) is 11.5 Å². The van der Waals surface area contributed by atoms with E-state index in [1.165, 1.54) is 42.5 Å². The third kappa shape index (κ3) is 7.87. The van der Waals surface area contributed by atoms with Gasteiger partial charge in [-0.3, -0.25) is 9.59 Å². The van der Waals surface area contributed by atoms with Crippen LogP contribution in [0.3, 0.4) is 0 Å². The molecule has 2 aromatic rings. The minimum absolute atomic E-state index is 0.0153. The van der Waals surface area contributed by atoms with E-state index in [1.54, 1.807) is 0 Å². The zero-order valence-electron chi connectivity index (χ0n) is 14.4. The molecule has 2 amide bonds. The van der Waals surface area contributed by atoms with Gasteiger partial charge in [0.1, 0.15) is 11.6 Å². The molecule has 2 N–H and O–H groups in total. The first-order valence-corrected chi connectivity index (χ1v) is 9.12. The lowest BCUT2D eigenvalue weighted by molar-refractivity contribution is -0.274. The van der Waals surface area contributed by atoms with Crippen LogP contribution in [0.4, 0.5) is 23.2 Å². The second kappa shape index (κ2) is 9.98. The molecule has 0 spiro atoms. The molecule has 0 saturated heterocycles. The van der Waals surface area contributed by atoms with Gasteiger partial charge in [-0.1, -0.05) is 18.2 Å². The smallest absolute Gasteiger partial charge is 0.405 e. The van der Waals surface area contributed by atoms with Gasteiger partial charge in [-0.25, -0.2) is 4.39 Å². The van der Waals surface area contributed by atoms with E-state index < -0.39 is 18.1 Å². The summed E-state index contributed by atoms with van der Waals surface area (Å²) in [5.41, 5.74) is 0.602. The van der Waals surface area contributed by atoms with Crippen molar-refractivity contribution in [3.8, 4) is 5.75 Å². The standard InChI is InChI=1S/C18H16F4N2O3S/c19-13-5-7-14(8-6-13)24-17(26)11-28-10-16(25)23-9-12-3-1-2-4-15(12)27-18(20,21)22/h1-8H,9-11H2,(H,23,25)(H,24,26). The summed E-state index contributed by atoms with van der Waals surface area (Å²) in [6, 6.07) is 10.7. The highest BCUT2D eigenvalue weighted by atomic mass is 32.2. The lowest BCUT2D eigenvalue weighted by atomic mass is 10.2. The molecule has 0 atom stereocenters. The number of para-hydroxylation sites is 1. The molecule has 2 aromatic carbocycles. The van der Waals surface area contributed by atoms with Crippen LogP contribution in [0.15, 0.2) is 48.5 Å². The number of hydrogen-bond acceptors (Lipinski definition) is 4. The summed E-state index contributed by atoms with van der Waals surface area (Å²) in [5, 5.41) is 5.02. The number of hydrogen-bond donors (Lipinski definition) is 2. The van der Waals surface area contributed by atoms with Gasteiger partial charge in [-0.05, 0) is 30.3 Å². The van der Waals surface area contributed by atoms with Crippen molar-refractivity contribution in [2.75, 3.05) is 16.8 Å². The second-order valence-electron chi connectivity index (χ2n) is 5.48. The van der Waals surface area contributed by atoms with Gasteiger partial charge >= 0.3 is 6.36 Å². The monoisotopic (exact) mass is 416 g/mol. The molecular weight excluding hydrogens is 400 g/mol. The highest BCUT2D eigenvalue weighted by Crippen LogP contribution is 2.26. The van der Waals surface area contributed by atoms with E-state index in [0.717, 1.165) is 17.8 Å². The molecule has 2 rings (SSSR count). The Hall–Kier alpha value is -2.75. The number of carbonyl (C=O) groups excluding carboxylic acids is 2. The van der Waals surface area contributed by atoms with Crippen LogP contribution < -0.4 is 15.4 Å². The molecular formula is C18H16F4N2O3S. The summed E-state index contributed by atoms with van der Waals surface area (Å²) in [6.07, 6.45) is -4.83. The average Bonchev–Trinajstić information content (AvgIpc) is 2.61. The van der Waals surface area contributed by atoms with Crippen LogP contribution in [0, 0.1) is 5.82 Å². The zero-order chi connectivity index (χ0) is 20.6. The van der Waals surface area contributed by atoms with Crippen molar-refractivity contribution in [2.45, 2.75) is 12.9 Å².